The zero-order valence-electron chi connectivity index (χ0n) is 16.2. The Morgan fingerprint density at radius 3 is 2.25 bits per heavy atom. The summed E-state index contributed by atoms with van der Waals surface area (Å²) in [6.45, 7) is 5.71. The molecular formula is C24H23NO3. The molecule has 3 rings (SSSR count). The number of amides is 1. The van der Waals surface area contributed by atoms with E-state index in [2.05, 4.69) is 5.32 Å². The van der Waals surface area contributed by atoms with E-state index in [1.807, 2.05) is 50.2 Å². The molecule has 3 aromatic carbocycles. The van der Waals surface area contributed by atoms with Gasteiger partial charge >= 0.3 is 0 Å². The van der Waals surface area contributed by atoms with E-state index in [4.69, 9.17) is 4.74 Å². The average molecular weight is 373 g/mol. The van der Waals surface area contributed by atoms with Crippen LogP contribution in [0.15, 0.2) is 72.8 Å². The van der Waals surface area contributed by atoms with Crippen LogP contribution in [0.5, 0.6) is 5.75 Å². The molecule has 4 nitrogen and oxygen atoms in total. The highest BCUT2D eigenvalue weighted by Gasteiger charge is 2.19. The summed E-state index contributed by atoms with van der Waals surface area (Å²) in [5.74, 6) is 0.185. The summed E-state index contributed by atoms with van der Waals surface area (Å²) >= 11 is 0. The van der Waals surface area contributed by atoms with Gasteiger partial charge in [-0.2, -0.15) is 0 Å². The molecule has 1 amide bonds. The third-order valence-corrected chi connectivity index (χ3v) is 4.63. The predicted octanol–water partition coefficient (Wildman–Crippen LogP) is 4.94. The Morgan fingerprint density at radius 2 is 1.54 bits per heavy atom. The van der Waals surface area contributed by atoms with E-state index in [-0.39, 0.29) is 11.7 Å². The maximum Gasteiger partial charge on any atom is 0.265 e. The Hall–Kier alpha value is -3.40. The summed E-state index contributed by atoms with van der Waals surface area (Å²) in [6.07, 6.45) is -0.706. The van der Waals surface area contributed by atoms with Crippen LogP contribution >= 0.6 is 0 Å². The number of aryl methyl sites for hydroxylation is 2. The van der Waals surface area contributed by atoms with Crippen LogP contribution in [-0.4, -0.2) is 17.8 Å². The van der Waals surface area contributed by atoms with Crippen LogP contribution in [0, 0.1) is 13.8 Å². The van der Waals surface area contributed by atoms with Crippen LogP contribution in [0.1, 0.15) is 34.0 Å². The molecule has 0 aliphatic carbocycles. The van der Waals surface area contributed by atoms with Crippen molar-refractivity contribution in [1.29, 1.82) is 0 Å². The fourth-order valence-electron chi connectivity index (χ4n) is 2.81. The molecule has 0 spiro atoms. The van der Waals surface area contributed by atoms with Crippen molar-refractivity contribution in [3.63, 3.8) is 0 Å². The SMILES string of the molecule is Cc1ccc(O[C@H](C)C(=O)Nc2ccccc2C(=O)c2ccccc2)cc1C. The molecule has 0 saturated heterocycles. The molecule has 0 bridgehead atoms. The first-order valence-electron chi connectivity index (χ1n) is 9.19. The smallest absolute Gasteiger partial charge is 0.265 e. The van der Waals surface area contributed by atoms with Gasteiger partial charge in [-0.3, -0.25) is 9.59 Å². The lowest BCUT2D eigenvalue weighted by Crippen LogP contribution is -2.30. The van der Waals surface area contributed by atoms with E-state index in [0.29, 0.717) is 22.6 Å². The van der Waals surface area contributed by atoms with Gasteiger partial charge in [0.25, 0.3) is 5.91 Å². The van der Waals surface area contributed by atoms with E-state index in [9.17, 15) is 9.59 Å². The number of ether oxygens (including phenoxy) is 1. The van der Waals surface area contributed by atoms with E-state index in [1.54, 1.807) is 43.3 Å². The summed E-state index contributed by atoms with van der Waals surface area (Å²) in [6, 6.07) is 21.7. The maximum absolute atomic E-state index is 12.8. The molecule has 0 radical (unpaired) electrons. The first-order chi connectivity index (χ1) is 13.5. The highest BCUT2D eigenvalue weighted by Crippen LogP contribution is 2.21. The summed E-state index contributed by atoms with van der Waals surface area (Å²) < 4.78 is 5.77. The van der Waals surface area contributed by atoms with Crippen molar-refractivity contribution in [2.75, 3.05) is 5.32 Å². The molecule has 0 heterocycles. The third kappa shape index (κ3) is 4.46. The normalized spacial score (nSPS) is 11.5. The number of hydrogen-bond donors (Lipinski definition) is 1. The first-order valence-corrected chi connectivity index (χ1v) is 9.19. The lowest BCUT2D eigenvalue weighted by molar-refractivity contribution is -0.122. The fourth-order valence-corrected chi connectivity index (χ4v) is 2.81. The van der Waals surface area contributed by atoms with Gasteiger partial charge in [0.15, 0.2) is 11.9 Å². The number of para-hydroxylation sites is 1. The van der Waals surface area contributed by atoms with Crippen LogP contribution in [-0.2, 0) is 4.79 Å². The Balaban J connectivity index is 1.75. The van der Waals surface area contributed by atoms with Gasteiger partial charge in [0.2, 0.25) is 0 Å². The summed E-state index contributed by atoms with van der Waals surface area (Å²) in [5.41, 5.74) is 3.75. The van der Waals surface area contributed by atoms with Crippen molar-refractivity contribution < 1.29 is 14.3 Å². The second-order valence-electron chi connectivity index (χ2n) is 6.74. The quantitative estimate of drug-likeness (QED) is 0.623. The molecule has 142 valence electrons. The van der Waals surface area contributed by atoms with Gasteiger partial charge in [0, 0.05) is 11.1 Å². The lowest BCUT2D eigenvalue weighted by atomic mass is 10.0. The Bertz CT molecular complexity index is 996. The molecule has 0 aliphatic rings. The van der Waals surface area contributed by atoms with E-state index in [0.717, 1.165) is 11.1 Å². The van der Waals surface area contributed by atoms with Gasteiger partial charge in [0.05, 0.1) is 5.69 Å². The second-order valence-corrected chi connectivity index (χ2v) is 6.74. The highest BCUT2D eigenvalue weighted by molar-refractivity contribution is 6.14. The average Bonchev–Trinajstić information content (AvgIpc) is 2.71. The second kappa shape index (κ2) is 8.53. The number of hydrogen-bond acceptors (Lipinski definition) is 3. The summed E-state index contributed by atoms with van der Waals surface area (Å²) in [5, 5.41) is 2.82. The molecular weight excluding hydrogens is 350 g/mol. The molecule has 3 aromatic rings. The molecule has 0 fully saturated rings. The minimum atomic E-state index is -0.706. The van der Waals surface area contributed by atoms with Gasteiger partial charge in [0.1, 0.15) is 5.75 Å². The Morgan fingerprint density at radius 1 is 0.857 bits per heavy atom. The predicted molar refractivity (Wildman–Crippen MR) is 111 cm³/mol. The van der Waals surface area contributed by atoms with Crippen molar-refractivity contribution in [3.8, 4) is 5.75 Å². The molecule has 1 atom stereocenters. The zero-order valence-corrected chi connectivity index (χ0v) is 16.2. The van der Waals surface area contributed by atoms with Gasteiger partial charge in [-0.05, 0) is 56.2 Å². The first kappa shape index (κ1) is 19.4. The van der Waals surface area contributed by atoms with Crippen molar-refractivity contribution >= 4 is 17.4 Å². The highest BCUT2D eigenvalue weighted by atomic mass is 16.5. The van der Waals surface area contributed by atoms with Crippen molar-refractivity contribution in [3.05, 3.63) is 95.1 Å². The minimum Gasteiger partial charge on any atom is -0.481 e. The van der Waals surface area contributed by atoms with Crippen LogP contribution in [0.4, 0.5) is 5.69 Å². The van der Waals surface area contributed by atoms with Crippen LogP contribution in [0.25, 0.3) is 0 Å². The number of carbonyl (C=O) groups is 2. The number of rotatable bonds is 6. The van der Waals surface area contributed by atoms with E-state index in [1.165, 1.54) is 0 Å². The number of nitrogens with one attached hydrogen (secondary N) is 1. The topological polar surface area (TPSA) is 55.4 Å². The van der Waals surface area contributed by atoms with Crippen LogP contribution < -0.4 is 10.1 Å². The molecule has 0 aromatic heterocycles. The molecule has 0 saturated carbocycles. The van der Waals surface area contributed by atoms with Gasteiger partial charge < -0.3 is 10.1 Å². The number of benzene rings is 3. The van der Waals surface area contributed by atoms with E-state index < -0.39 is 6.10 Å². The fraction of sp³-hybridized carbons (Fsp3) is 0.167. The van der Waals surface area contributed by atoms with Gasteiger partial charge in [-0.1, -0.05) is 48.5 Å². The molecule has 0 aliphatic heterocycles. The number of carbonyl (C=O) groups excluding carboxylic acids is 2. The molecule has 1 N–H and O–H groups in total. The molecule has 28 heavy (non-hydrogen) atoms. The van der Waals surface area contributed by atoms with Crippen molar-refractivity contribution in [2.24, 2.45) is 0 Å². The standard InChI is InChI=1S/C24H23NO3/c1-16-13-14-20(15-17(16)2)28-18(3)24(27)25-22-12-8-7-11-21(22)23(26)19-9-5-4-6-10-19/h4-15,18H,1-3H3,(H,25,27)/t18-/m1/s1. The Labute approximate surface area is 165 Å². The van der Waals surface area contributed by atoms with Crippen molar-refractivity contribution in [2.45, 2.75) is 26.9 Å². The molecule has 4 heteroatoms. The number of ketones is 1. The Kier molecular flexibility index (Phi) is 5.90. The minimum absolute atomic E-state index is 0.140. The van der Waals surface area contributed by atoms with Crippen molar-refractivity contribution in [1.82, 2.24) is 0 Å². The zero-order chi connectivity index (χ0) is 20.1. The number of anilines is 1. The monoisotopic (exact) mass is 373 g/mol. The van der Waals surface area contributed by atoms with E-state index >= 15 is 0 Å². The largest absolute Gasteiger partial charge is 0.481 e. The van der Waals surface area contributed by atoms with Gasteiger partial charge in [-0.15, -0.1) is 0 Å². The maximum atomic E-state index is 12.8. The lowest BCUT2D eigenvalue weighted by Gasteiger charge is -2.17. The summed E-state index contributed by atoms with van der Waals surface area (Å²) in [7, 11) is 0. The van der Waals surface area contributed by atoms with Gasteiger partial charge in [-0.25, -0.2) is 0 Å². The third-order valence-electron chi connectivity index (χ3n) is 4.63. The van der Waals surface area contributed by atoms with Crippen LogP contribution in [0.3, 0.4) is 0 Å². The molecule has 0 unspecified atom stereocenters. The van der Waals surface area contributed by atoms with Crippen LogP contribution in [0.2, 0.25) is 0 Å². The summed E-state index contributed by atoms with van der Waals surface area (Å²) in [4.78, 5) is 25.4.